The summed E-state index contributed by atoms with van der Waals surface area (Å²) in [5, 5.41) is 3.40. The fourth-order valence-corrected chi connectivity index (χ4v) is 3.17. The molecule has 5 heteroatoms. The summed E-state index contributed by atoms with van der Waals surface area (Å²) in [5.41, 5.74) is 2.41. The lowest BCUT2D eigenvalue weighted by molar-refractivity contribution is 0.713. The maximum Gasteiger partial charge on any atom is 0.0994 e. The van der Waals surface area contributed by atoms with Crippen LogP contribution in [0.1, 0.15) is 18.0 Å². The van der Waals surface area contributed by atoms with Gasteiger partial charge < -0.3 is 9.88 Å². The second kappa shape index (κ2) is 5.15. The molecule has 1 unspecified atom stereocenters. The molecule has 0 aliphatic carbocycles. The summed E-state index contributed by atoms with van der Waals surface area (Å²) in [7, 11) is 0. The molecule has 1 aliphatic rings. The van der Waals surface area contributed by atoms with Crippen LogP contribution in [0.25, 0.3) is 5.69 Å². The number of aromatic nitrogens is 2. The second-order valence-corrected chi connectivity index (χ2v) is 6.24. The molecule has 1 aliphatic heterocycles. The minimum atomic E-state index is 0.554. The van der Waals surface area contributed by atoms with Crippen molar-refractivity contribution in [3.63, 3.8) is 0 Å². The van der Waals surface area contributed by atoms with Gasteiger partial charge in [0.2, 0.25) is 0 Å². The van der Waals surface area contributed by atoms with Crippen LogP contribution in [0, 0.1) is 0 Å². The smallest absolute Gasteiger partial charge is 0.0994 e. The Morgan fingerprint density at radius 2 is 2.22 bits per heavy atom. The normalized spacial score (nSPS) is 19.3. The molecular formula is C13H13Br2N3. The third-order valence-electron chi connectivity index (χ3n) is 3.31. The molecule has 1 aromatic heterocycles. The summed E-state index contributed by atoms with van der Waals surface area (Å²) >= 11 is 7.13. The summed E-state index contributed by atoms with van der Waals surface area (Å²) < 4.78 is 4.33. The first kappa shape index (κ1) is 12.4. The van der Waals surface area contributed by atoms with Crippen molar-refractivity contribution < 1.29 is 0 Å². The van der Waals surface area contributed by atoms with Crippen molar-refractivity contribution >= 4 is 31.9 Å². The average Bonchev–Trinajstić information content (AvgIpc) is 3.00. The Kier molecular flexibility index (Phi) is 3.54. The Balaban J connectivity index is 2.06. The summed E-state index contributed by atoms with van der Waals surface area (Å²) in [6.07, 6.45) is 5.04. The Morgan fingerprint density at radius 1 is 1.33 bits per heavy atom. The maximum absolute atomic E-state index is 4.31. The molecule has 0 saturated carbocycles. The lowest BCUT2D eigenvalue weighted by atomic mass is 10.1. The van der Waals surface area contributed by atoms with Gasteiger partial charge in [-0.3, -0.25) is 0 Å². The van der Waals surface area contributed by atoms with E-state index in [0.717, 1.165) is 27.7 Å². The number of benzene rings is 1. The van der Waals surface area contributed by atoms with Crippen molar-refractivity contribution in [2.45, 2.75) is 12.3 Å². The van der Waals surface area contributed by atoms with Crippen LogP contribution in [0.4, 0.5) is 0 Å². The molecule has 2 aromatic rings. The highest BCUT2D eigenvalue weighted by atomic mass is 79.9. The highest BCUT2D eigenvalue weighted by Crippen LogP contribution is 2.30. The van der Waals surface area contributed by atoms with Gasteiger partial charge in [0.25, 0.3) is 0 Å². The fourth-order valence-electron chi connectivity index (χ4n) is 2.39. The van der Waals surface area contributed by atoms with Gasteiger partial charge in [-0.1, -0.05) is 15.9 Å². The predicted octanol–water partition coefficient (Wildman–Crippen LogP) is 3.47. The lowest BCUT2D eigenvalue weighted by Crippen LogP contribution is -2.11. The first-order chi connectivity index (χ1) is 8.75. The predicted molar refractivity (Wildman–Crippen MR) is 79.2 cm³/mol. The third kappa shape index (κ3) is 2.27. The van der Waals surface area contributed by atoms with E-state index in [1.165, 1.54) is 12.1 Å². The van der Waals surface area contributed by atoms with E-state index >= 15 is 0 Å². The molecule has 3 nitrogen and oxygen atoms in total. The van der Waals surface area contributed by atoms with Crippen molar-refractivity contribution in [1.29, 1.82) is 0 Å². The highest BCUT2D eigenvalue weighted by molar-refractivity contribution is 9.11. The van der Waals surface area contributed by atoms with E-state index in [4.69, 9.17) is 0 Å². The van der Waals surface area contributed by atoms with Crippen molar-refractivity contribution in [3.05, 3.63) is 45.4 Å². The molecule has 1 N–H and O–H groups in total. The van der Waals surface area contributed by atoms with Gasteiger partial charge in [0.15, 0.2) is 0 Å². The lowest BCUT2D eigenvalue weighted by Gasteiger charge is -2.14. The second-order valence-electron chi connectivity index (χ2n) is 4.47. The van der Waals surface area contributed by atoms with Gasteiger partial charge in [-0.05, 0) is 47.1 Å². The van der Waals surface area contributed by atoms with Crippen LogP contribution in [0.2, 0.25) is 0 Å². The summed E-state index contributed by atoms with van der Waals surface area (Å²) in [5.74, 6) is 0.554. The molecule has 0 amide bonds. The third-order valence-corrected chi connectivity index (χ3v) is 4.48. The molecule has 0 radical (unpaired) electrons. The molecule has 2 heterocycles. The first-order valence-electron chi connectivity index (χ1n) is 5.94. The van der Waals surface area contributed by atoms with Gasteiger partial charge in [0.05, 0.1) is 12.0 Å². The van der Waals surface area contributed by atoms with E-state index in [1.54, 1.807) is 0 Å². The van der Waals surface area contributed by atoms with Crippen LogP contribution in [-0.4, -0.2) is 22.6 Å². The van der Waals surface area contributed by atoms with Gasteiger partial charge in [-0.2, -0.15) is 0 Å². The Bertz CT molecular complexity index is 559. The number of hydrogen-bond donors (Lipinski definition) is 1. The fraction of sp³-hybridized carbons (Fsp3) is 0.308. The standard InChI is InChI=1S/C13H13Br2N3/c14-10-1-2-11(15)12(5-10)18-8-17-7-13(18)9-3-4-16-6-9/h1-2,5,7-9,16H,3-4,6H2. The number of imidazole rings is 1. The topological polar surface area (TPSA) is 29.9 Å². The van der Waals surface area contributed by atoms with E-state index in [2.05, 4.69) is 58.9 Å². The zero-order valence-corrected chi connectivity index (χ0v) is 12.9. The van der Waals surface area contributed by atoms with Gasteiger partial charge in [0.1, 0.15) is 0 Å². The summed E-state index contributed by atoms with van der Waals surface area (Å²) in [6, 6.07) is 6.19. The van der Waals surface area contributed by atoms with Crippen LogP contribution < -0.4 is 5.32 Å². The monoisotopic (exact) mass is 369 g/mol. The van der Waals surface area contributed by atoms with Crippen molar-refractivity contribution in [2.75, 3.05) is 13.1 Å². The minimum absolute atomic E-state index is 0.554. The first-order valence-corrected chi connectivity index (χ1v) is 7.52. The van der Waals surface area contributed by atoms with E-state index in [-0.39, 0.29) is 0 Å². The van der Waals surface area contributed by atoms with E-state index in [9.17, 15) is 0 Å². The highest BCUT2D eigenvalue weighted by Gasteiger charge is 2.21. The molecule has 1 atom stereocenters. The van der Waals surface area contributed by atoms with Crippen LogP contribution in [0.5, 0.6) is 0 Å². The zero-order chi connectivity index (χ0) is 12.5. The van der Waals surface area contributed by atoms with Crippen molar-refractivity contribution in [3.8, 4) is 5.69 Å². The molecule has 3 rings (SSSR count). The largest absolute Gasteiger partial charge is 0.316 e. The summed E-state index contributed by atoms with van der Waals surface area (Å²) in [4.78, 5) is 4.31. The molecular weight excluding hydrogens is 358 g/mol. The Hall–Kier alpha value is -0.650. The summed E-state index contributed by atoms with van der Waals surface area (Å²) in [6.45, 7) is 2.13. The number of nitrogens with one attached hydrogen (secondary N) is 1. The minimum Gasteiger partial charge on any atom is -0.316 e. The van der Waals surface area contributed by atoms with Gasteiger partial charge in [-0.25, -0.2) is 4.98 Å². The van der Waals surface area contributed by atoms with E-state index in [1.807, 2.05) is 18.6 Å². The van der Waals surface area contributed by atoms with E-state index in [0.29, 0.717) is 5.92 Å². The Morgan fingerprint density at radius 3 is 3.00 bits per heavy atom. The molecule has 0 bridgehead atoms. The molecule has 0 spiro atoms. The number of nitrogens with zero attached hydrogens (tertiary/aromatic N) is 2. The molecule has 18 heavy (non-hydrogen) atoms. The van der Waals surface area contributed by atoms with Gasteiger partial charge in [-0.15, -0.1) is 0 Å². The van der Waals surface area contributed by atoms with Gasteiger partial charge in [0, 0.05) is 33.3 Å². The number of hydrogen-bond acceptors (Lipinski definition) is 2. The van der Waals surface area contributed by atoms with Crippen LogP contribution in [0.15, 0.2) is 39.7 Å². The van der Waals surface area contributed by atoms with Crippen molar-refractivity contribution in [1.82, 2.24) is 14.9 Å². The van der Waals surface area contributed by atoms with E-state index < -0.39 is 0 Å². The van der Waals surface area contributed by atoms with Crippen LogP contribution >= 0.6 is 31.9 Å². The van der Waals surface area contributed by atoms with Gasteiger partial charge >= 0.3 is 0 Å². The Labute approximate surface area is 123 Å². The van der Waals surface area contributed by atoms with Crippen LogP contribution in [0.3, 0.4) is 0 Å². The average molecular weight is 371 g/mol. The molecule has 1 saturated heterocycles. The molecule has 1 fully saturated rings. The maximum atomic E-state index is 4.31. The van der Waals surface area contributed by atoms with Crippen molar-refractivity contribution in [2.24, 2.45) is 0 Å². The quantitative estimate of drug-likeness (QED) is 0.877. The SMILES string of the molecule is Brc1ccc(Br)c(-n2cncc2C2CCNC2)c1. The number of rotatable bonds is 2. The number of halogens is 2. The molecule has 94 valence electrons. The van der Waals surface area contributed by atoms with Crippen LogP contribution in [-0.2, 0) is 0 Å². The molecule has 1 aromatic carbocycles. The zero-order valence-electron chi connectivity index (χ0n) is 9.74.